The summed E-state index contributed by atoms with van der Waals surface area (Å²) in [5.41, 5.74) is 5.67. The standard InChI is InChI=1S/C33H40FN3O4/c1-32(31(38)39)10-12-37(13-11-32)30-18-33(41-35-30)20-36(21-33)19-25-16-28(22-2-3-22)29(23-4-6-26(34)7-5-23)17-27(25)24-8-14-40-15-9-24/h4-7,16-17,22,24H,2-3,8-15,18-21H2,1H3,(H,38,39). The lowest BCUT2D eigenvalue weighted by Gasteiger charge is -2.46. The topological polar surface area (TPSA) is 74.6 Å². The van der Waals surface area contributed by atoms with Crippen LogP contribution in [0.1, 0.15) is 80.4 Å². The van der Waals surface area contributed by atoms with Gasteiger partial charge in [-0.2, -0.15) is 0 Å². The molecule has 2 aromatic carbocycles. The predicted octanol–water partition coefficient (Wildman–Crippen LogP) is 5.74. The number of benzene rings is 2. The molecule has 1 saturated carbocycles. The molecule has 4 aliphatic heterocycles. The smallest absolute Gasteiger partial charge is 0.309 e. The molecule has 7 nitrogen and oxygen atoms in total. The first kappa shape index (κ1) is 26.9. The molecule has 3 saturated heterocycles. The number of ether oxygens (including phenoxy) is 1. The molecule has 0 unspecified atom stereocenters. The van der Waals surface area contributed by atoms with Gasteiger partial charge in [-0.3, -0.25) is 9.69 Å². The van der Waals surface area contributed by atoms with Crippen molar-refractivity contribution in [3.05, 3.63) is 58.9 Å². The summed E-state index contributed by atoms with van der Waals surface area (Å²) in [6, 6.07) is 11.8. The van der Waals surface area contributed by atoms with Gasteiger partial charge in [0.25, 0.3) is 0 Å². The van der Waals surface area contributed by atoms with Crippen molar-refractivity contribution in [3.8, 4) is 11.1 Å². The van der Waals surface area contributed by atoms with Crippen LogP contribution in [0.5, 0.6) is 0 Å². The lowest BCUT2D eigenvalue weighted by molar-refractivity contribution is -0.150. The zero-order valence-corrected chi connectivity index (χ0v) is 23.9. The second-order valence-corrected chi connectivity index (χ2v) is 13.3. The summed E-state index contributed by atoms with van der Waals surface area (Å²) in [6.45, 7) is 7.43. The van der Waals surface area contributed by atoms with Gasteiger partial charge in [-0.25, -0.2) is 4.39 Å². The molecule has 4 heterocycles. The van der Waals surface area contributed by atoms with Crippen molar-refractivity contribution >= 4 is 11.8 Å². The van der Waals surface area contributed by atoms with Crippen molar-refractivity contribution in [2.24, 2.45) is 10.6 Å². The number of halogens is 1. The van der Waals surface area contributed by atoms with Crippen molar-refractivity contribution < 1.29 is 23.9 Å². The summed E-state index contributed by atoms with van der Waals surface area (Å²) in [6.07, 6.45) is 6.54. The van der Waals surface area contributed by atoms with Crippen molar-refractivity contribution in [3.63, 3.8) is 0 Å². The minimum atomic E-state index is -0.705. The van der Waals surface area contributed by atoms with Gasteiger partial charge in [0, 0.05) is 45.9 Å². The molecule has 1 N–H and O–H groups in total. The number of amidine groups is 1. The minimum absolute atomic E-state index is 0.199. The Hall–Kier alpha value is -2.97. The van der Waals surface area contributed by atoms with E-state index in [0.717, 1.165) is 63.5 Å². The number of hydrogen-bond acceptors (Lipinski definition) is 6. The maximum Gasteiger partial charge on any atom is 0.309 e. The molecular formula is C33H40FN3O4. The third-order valence-electron chi connectivity index (χ3n) is 10.1. The van der Waals surface area contributed by atoms with E-state index in [1.165, 1.54) is 35.1 Å². The summed E-state index contributed by atoms with van der Waals surface area (Å²) in [5, 5.41) is 14.1. The number of carboxylic acid groups (broad SMARTS) is 1. The maximum atomic E-state index is 13.8. The molecule has 1 spiro atoms. The Morgan fingerprint density at radius 2 is 1.71 bits per heavy atom. The minimum Gasteiger partial charge on any atom is -0.481 e. The fourth-order valence-electron chi connectivity index (χ4n) is 7.25. The Kier molecular flexibility index (Phi) is 6.81. The molecule has 0 amide bonds. The molecule has 7 rings (SSSR count). The van der Waals surface area contributed by atoms with Crippen LogP contribution >= 0.6 is 0 Å². The van der Waals surface area contributed by atoms with Gasteiger partial charge in [-0.15, -0.1) is 0 Å². The Morgan fingerprint density at radius 3 is 2.37 bits per heavy atom. The summed E-state index contributed by atoms with van der Waals surface area (Å²) in [4.78, 5) is 22.4. The fraction of sp³-hybridized carbons (Fsp3) is 0.576. The van der Waals surface area contributed by atoms with E-state index < -0.39 is 11.4 Å². The summed E-state index contributed by atoms with van der Waals surface area (Å²) >= 11 is 0. The molecule has 0 atom stereocenters. The highest BCUT2D eigenvalue weighted by Gasteiger charge is 2.51. The number of piperidine rings is 1. The zero-order valence-electron chi connectivity index (χ0n) is 23.9. The van der Waals surface area contributed by atoms with E-state index in [2.05, 4.69) is 27.1 Å². The molecule has 4 fully saturated rings. The van der Waals surface area contributed by atoms with E-state index in [9.17, 15) is 14.3 Å². The second kappa shape index (κ2) is 10.4. The largest absolute Gasteiger partial charge is 0.481 e. The maximum absolute atomic E-state index is 13.8. The lowest BCUT2D eigenvalue weighted by atomic mass is 9.80. The van der Waals surface area contributed by atoms with Gasteiger partial charge in [0.15, 0.2) is 5.60 Å². The summed E-state index contributed by atoms with van der Waals surface area (Å²) in [5.74, 6) is 1.12. The van der Waals surface area contributed by atoms with Crippen molar-refractivity contribution in [2.45, 2.75) is 75.9 Å². The monoisotopic (exact) mass is 561 g/mol. The van der Waals surface area contributed by atoms with E-state index in [4.69, 9.17) is 9.57 Å². The highest BCUT2D eigenvalue weighted by Crippen LogP contribution is 2.47. The molecule has 0 aromatic heterocycles. The number of aliphatic carboxylic acids is 1. The van der Waals surface area contributed by atoms with E-state index in [1.807, 2.05) is 19.1 Å². The van der Waals surface area contributed by atoms with E-state index in [-0.39, 0.29) is 11.4 Å². The number of nitrogens with zero attached hydrogens (tertiary/aromatic N) is 3. The highest BCUT2D eigenvalue weighted by molar-refractivity contribution is 5.85. The molecule has 218 valence electrons. The Morgan fingerprint density at radius 1 is 1.02 bits per heavy atom. The van der Waals surface area contributed by atoms with Crippen LogP contribution in [0.3, 0.4) is 0 Å². The molecule has 2 aromatic rings. The first-order valence-corrected chi connectivity index (χ1v) is 15.3. The second-order valence-electron chi connectivity index (χ2n) is 13.3. The van der Waals surface area contributed by atoms with Crippen LogP contribution in [0.25, 0.3) is 11.1 Å². The number of hydrogen-bond donors (Lipinski definition) is 1. The van der Waals surface area contributed by atoms with Gasteiger partial charge in [0.2, 0.25) is 0 Å². The van der Waals surface area contributed by atoms with Gasteiger partial charge in [-0.05, 0) is 97.2 Å². The van der Waals surface area contributed by atoms with Crippen LogP contribution < -0.4 is 0 Å². The number of likely N-dealkylation sites (tertiary alicyclic amines) is 2. The van der Waals surface area contributed by atoms with Gasteiger partial charge in [0.05, 0.1) is 11.8 Å². The van der Waals surface area contributed by atoms with Crippen LogP contribution in [-0.4, -0.2) is 71.7 Å². The summed E-state index contributed by atoms with van der Waals surface area (Å²) in [7, 11) is 0. The third kappa shape index (κ3) is 5.25. The molecule has 8 heteroatoms. The molecule has 0 bridgehead atoms. The number of oxime groups is 1. The quantitative estimate of drug-likeness (QED) is 0.485. The molecule has 1 aliphatic carbocycles. The van der Waals surface area contributed by atoms with E-state index in [1.54, 1.807) is 12.1 Å². The van der Waals surface area contributed by atoms with Crippen LogP contribution in [0.2, 0.25) is 0 Å². The number of carboxylic acids is 1. The van der Waals surface area contributed by atoms with Gasteiger partial charge in [-0.1, -0.05) is 29.4 Å². The summed E-state index contributed by atoms with van der Waals surface area (Å²) < 4.78 is 19.5. The third-order valence-corrected chi connectivity index (χ3v) is 10.1. The fourth-order valence-corrected chi connectivity index (χ4v) is 7.25. The molecule has 0 radical (unpaired) electrons. The van der Waals surface area contributed by atoms with Crippen LogP contribution in [0.4, 0.5) is 4.39 Å². The van der Waals surface area contributed by atoms with E-state index in [0.29, 0.717) is 37.8 Å². The number of rotatable bonds is 6. The first-order valence-electron chi connectivity index (χ1n) is 15.3. The Balaban J connectivity index is 1.07. The molecular weight excluding hydrogens is 521 g/mol. The first-order chi connectivity index (χ1) is 19.8. The lowest BCUT2D eigenvalue weighted by Crippen LogP contribution is -2.61. The van der Waals surface area contributed by atoms with Crippen molar-refractivity contribution in [1.82, 2.24) is 9.80 Å². The number of carbonyl (C=O) groups is 1. The average molecular weight is 562 g/mol. The molecule has 41 heavy (non-hydrogen) atoms. The van der Waals surface area contributed by atoms with E-state index >= 15 is 0 Å². The Bertz CT molecular complexity index is 1330. The van der Waals surface area contributed by atoms with Crippen molar-refractivity contribution in [2.75, 3.05) is 39.4 Å². The van der Waals surface area contributed by atoms with Crippen LogP contribution in [0.15, 0.2) is 41.6 Å². The predicted molar refractivity (Wildman–Crippen MR) is 154 cm³/mol. The molecule has 5 aliphatic rings. The normalized spacial score (nSPS) is 24.1. The van der Waals surface area contributed by atoms with Gasteiger partial charge >= 0.3 is 5.97 Å². The van der Waals surface area contributed by atoms with Gasteiger partial charge in [0.1, 0.15) is 11.7 Å². The van der Waals surface area contributed by atoms with Gasteiger partial charge < -0.3 is 19.6 Å². The zero-order chi connectivity index (χ0) is 28.2. The SMILES string of the molecule is CC1(C(=O)O)CCN(C2=NOC3(C2)CN(Cc2cc(C4CC4)c(-c4ccc(F)cc4)cc2C2CCOCC2)C3)CC1. The highest BCUT2D eigenvalue weighted by atomic mass is 19.1. The van der Waals surface area contributed by atoms with Crippen molar-refractivity contribution in [1.29, 1.82) is 0 Å². The average Bonchev–Trinajstić information content (AvgIpc) is 3.72. The van der Waals surface area contributed by atoms with Crippen LogP contribution in [0, 0.1) is 11.2 Å². The Labute approximate surface area is 241 Å². The van der Waals surface area contributed by atoms with Crippen LogP contribution in [-0.2, 0) is 20.9 Å².